The fourth-order valence-electron chi connectivity index (χ4n) is 1.77. The number of nitrogens with two attached hydrogens (primary N) is 1. The molecule has 104 valence electrons. The molecule has 0 aliphatic carbocycles. The molecule has 0 radical (unpaired) electrons. The Kier molecular flexibility index (Phi) is 4.81. The first kappa shape index (κ1) is 14.6. The standard InChI is InChI=1S/C14H15N3OS2/c1-2-11(14-16-7-8-20-14)17-13(18)10-5-3-9(4-6-10)12(15)19/h3-8,11H,2H2,1H3,(H2,15,19)(H,17,18). The van der Waals surface area contributed by atoms with Crippen molar-refractivity contribution < 1.29 is 4.79 Å². The van der Waals surface area contributed by atoms with E-state index >= 15 is 0 Å². The second-order valence-corrected chi connectivity index (χ2v) is 5.61. The summed E-state index contributed by atoms with van der Waals surface area (Å²) in [5.74, 6) is -0.124. The molecule has 20 heavy (non-hydrogen) atoms. The van der Waals surface area contributed by atoms with Crippen molar-refractivity contribution in [1.29, 1.82) is 0 Å². The van der Waals surface area contributed by atoms with Gasteiger partial charge in [-0.3, -0.25) is 4.79 Å². The van der Waals surface area contributed by atoms with Crippen LogP contribution in [0.25, 0.3) is 0 Å². The van der Waals surface area contributed by atoms with Crippen molar-refractivity contribution in [1.82, 2.24) is 10.3 Å². The van der Waals surface area contributed by atoms with Crippen molar-refractivity contribution in [2.24, 2.45) is 5.73 Å². The monoisotopic (exact) mass is 305 g/mol. The minimum atomic E-state index is -0.124. The number of aromatic nitrogens is 1. The molecule has 1 atom stereocenters. The SMILES string of the molecule is CCC(NC(=O)c1ccc(C(N)=S)cc1)c1nccs1. The first-order valence-electron chi connectivity index (χ1n) is 6.22. The van der Waals surface area contributed by atoms with E-state index in [-0.39, 0.29) is 11.9 Å². The summed E-state index contributed by atoms with van der Waals surface area (Å²) < 4.78 is 0. The Balaban J connectivity index is 2.09. The van der Waals surface area contributed by atoms with Crippen molar-refractivity contribution in [3.63, 3.8) is 0 Å². The Morgan fingerprint density at radius 1 is 1.40 bits per heavy atom. The van der Waals surface area contributed by atoms with Crippen molar-refractivity contribution in [2.75, 3.05) is 0 Å². The van der Waals surface area contributed by atoms with Crippen LogP contribution in [0, 0.1) is 0 Å². The highest BCUT2D eigenvalue weighted by Crippen LogP contribution is 2.19. The highest BCUT2D eigenvalue weighted by Gasteiger charge is 2.16. The predicted molar refractivity (Wildman–Crippen MR) is 84.9 cm³/mol. The number of carbonyl (C=O) groups is 1. The van der Waals surface area contributed by atoms with Gasteiger partial charge in [-0.2, -0.15) is 0 Å². The average Bonchev–Trinajstić information content (AvgIpc) is 2.98. The molecule has 1 heterocycles. The summed E-state index contributed by atoms with van der Waals surface area (Å²) in [7, 11) is 0. The summed E-state index contributed by atoms with van der Waals surface area (Å²) in [4.78, 5) is 16.8. The number of thiazole rings is 1. The molecular weight excluding hydrogens is 290 g/mol. The van der Waals surface area contributed by atoms with Gasteiger partial charge in [0, 0.05) is 22.7 Å². The van der Waals surface area contributed by atoms with Crippen LogP contribution >= 0.6 is 23.6 Å². The summed E-state index contributed by atoms with van der Waals surface area (Å²) in [5, 5.41) is 5.80. The van der Waals surface area contributed by atoms with Crippen LogP contribution in [-0.4, -0.2) is 15.9 Å². The van der Waals surface area contributed by atoms with Gasteiger partial charge in [-0.15, -0.1) is 11.3 Å². The van der Waals surface area contributed by atoms with E-state index in [1.54, 1.807) is 30.5 Å². The summed E-state index contributed by atoms with van der Waals surface area (Å²) in [6, 6.07) is 6.89. The van der Waals surface area contributed by atoms with Gasteiger partial charge in [-0.1, -0.05) is 31.3 Å². The molecule has 0 bridgehead atoms. The van der Waals surface area contributed by atoms with E-state index in [1.165, 1.54) is 11.3 Å². The lowest BCUT2D eigenvalue weighted by Gasteiger charge is -2.14. The molecule has 0 fully saturated rings. The molecule has 4 nitrogen and oxygen atoms in total. The minimum absolute atomic E-state index is 0.0576. The van der Waals surface area contributed by atoms with Crippen LogP contribution < -0.4 is 11.1 Å². The third-order valence-electron chi connectivity index (χ3n) is 2.89. The van der Waals surface area contributed by atoms with E-state index in [0.717, 1.165) is 17.0 Å². The largest absolute Gasteiger partial charge is 0.389 e. The lowest BCUT2D eigenvalue weighted by molar-refractivity contribution is 0.0935. The second-order valence-electron chi connectivity index (χ2n) is 4.25. The Morgan fingerprint density at radius 3 is 2.55 bits per heavy atom. The maximum atomic E-state index is 12.2. The fourth-order valence-corrected chi connectivity index (χ4v) is 2.68. The van der Waals surface area contributed by atoms with Crippen LogP contribution in [0.5, 0.6) is 0 Å². The molecular formula is C14H15N3OS2. The maximum Gasteiger partial charge on any atom is 0.251 e. The van der Waals surface area contributed by atoms with Gasteiger partial charge in [0.05, 0.1) is 6.04 Å². The van der Waals surface area contributed by atoms with E-state index in [9.17, 15) is 4.79 Å². The zero-order valence-corrected chi connectivity index (χ0v) is 12.6. The topological polar surface area (TPSA) is 68.0 Å². The first-order chi connectivity index (χ1) is 9.61. The molecule has 2 aromatic rings. The van der Waals surface area contributed by atoms with Gasteiger partial charge in [0.1, 0.15) is 10.00 Å². The third kappa shape index (κ3) is 3.40. The molecule has 1 aromatic heterocycles. The number of benzene rings is 1. The van der Waals surface area contributed by atoms with Crippen LogP contribution in [0.3, 0.4) is 0 Å². The summed E-state index contributed by atoms with van der Waals surface area (Å²) in [6.45, 7) is 2.02. The highest BCUT2D eigenvalue weighted by atomic mass is 32.1. The molecule has 1 unspecified atom stereocenters. The van der Waals surface area contributed by atoms with Crippen molar-refractivity contribution >= 4 is 34.5 Å². The number of nitrogens with one attached hydrogen (secondary N) is 1. The number of carbonyl (C=O) groups excluding carboxylic acids is 1. The summed E-state index contributed by atoms with van der Waals surface area (Å²) in [5.41, 5.74) is 6.87. The maximum absolute atomic E-state index is 12.2. The Bertz CT molecular complexity index is 593. The summed E-state index contributed by atoms with van der Waals surface area (Å²) in [6.07, 6.45) is 2.54. The van der Waals surface area contributed by atoms with E-state index in [0.29, 0.717) is 10.6 Å². The molecule has 0 aliphatic rings. The van der Waals surface area contributed by atoms with E-state index in [2.05, 4.69) is 10.3 Å². The molecule has 1 amide bonds. The fraction of sp³-hybridized carbons (Fsp3) is 0.214. The molecule has 1 aromatic carbocycles. The molecule has 0 spiro atoms. The number of hydrogen-bond acceptors (Lipinski definition) is 4. The zero-order valence-electron chi connectivity index (χ0n) is 11.0. The van der Waals surface area contributed by atoms with Gasteiger partial charge in [-0.25, -0.2) is 4.98 Å². The van der Waals surface area contributed by atoms with Gasteiger partial charge in [-0.05, 0) is 18.6 Å². The zero-order chi connectivity index (χ0) is 14.5. The predicted octanol–water partition coefficient (Wildman–Crippen LogP) is 2.66. The number of amides is 1. The van der Waals surface area contributed by atoms with Crippen LogP contribution in [0.15, 0.2) is 35.8 Å². The van der Waals surface area contributed by atoms with Crippen LogP contribution in [0.4, 0.5) is 0 Å². The Morgan fingerprint density at radius 2 is 2.05 bits per heavy atom. The van der Waals surface area contributed by atoms with Crippen molar-refractivity contribution in [3.05, 3.63) is 52.0 Å². The number of nitrogens with zero attached hydrogens (tertiary/aromatic N) is 1. The lowest BCUT2D eigenvalue weighted by Crippen LogP contribution is -2.28. The smallest absolute Gasteiger partial charge is 0.251 e. The highest BCUT2D eigenvalue weighted by molar-refractivity contribution is 7.80. The van der Waals surface area contributed by atoms with Crippen molar-refractivity contribution in [2.45, 2.75) is 19.4 Å². The Labute approximate surface area is 127 Å². The molecule has 0 saturated carbocycles. The molecule has 2 rings (SSSR count). The van der Waals surface area contributed by atoms with Crippen LogP contribution in [0.1, 0.15) is 40.3 Å². The first-order valence-corrected chi connectivity index (χ1v) is 7.50. The van der Waals surface area contributed by atoms with Gasteiger partial charge < -0.3 is 11.1 Å². The minimum Gasteiger partial charge on any atom is -0.389 e. The van der Waals surface area contributed by atoms with Crippen molar-refractivity contribution in [3.8, 4) is 0 Å². The number of hydrogen-bond donors (Lipinski definition) is 2. The molecule has 0 saturated heterocycles. The normalized spacial score (nSPS) is 11.8. The summed E-state index contributed by atoms with van der Waals surface area (Å²) >= 11 is 6.42. The Hall–Kier alpha value is -1.79. The van der Waals surface area contributed by atoms with Gasteiger partial charge in [0.2, 0.25) is 0 Å². The van der Waals surface area contributed by atoms with Crippen LogP contribution in [0.2, 0.25) is 0 Å². The second kappa shape index (κ2) is 6.58. The quantitative estimate of drug-likeness (QED) is 0.833. The lowest BCUT2D eigenvalue weighted by atomic mass is 10.1. The van der Waals surface area contributed by atoms with E-state index in [4.69, 9.17) is 18.0 Å². The molecule has 3 N–H and O–H groups in total. The van der Waals surface area contributed by atoms with Gasteiger partial charge in [0.15, 0.2) is 0 Å². The average molecular weight is 305 g/mol. The van der Waals surface area contributed by atoms with Gasteiger partial charge in [0.25, 0.3) is 5.91 Å². The molecule has 6 heteroatoms. The third-order valence-corrected chi connectivity index (χ3v) is 4.02. The van der Waals surface area contributed by atoms with E-state index < -0.39 is 0 Å². The van der Waals surface area contributed by atoms with Crippen LogP contribution in [-0.2, 0) is 0 Å². The number of rotatable bonds is 5. The number of thiocarbonyl (C=S) groups is 1. The molecule has 0 aliphatic heterocycles. The van der Waals surface area contributed by atoms with Gasteiger partial charge >= 0.3 is 0 Å². The van der Waals surface area contributed by atoms with E-state index in [1.807, 2.05) is 12.3 Å².